The Morgan fingerprint density at radius 2 is 1.73 bits per heavy atom. The Labute approximate surface area is 101 Å². The average Bonchev–Trinajstić information content (AvgIpc) is 2.07. The molecule has 2 N–H and O–H groups in total. The van der Waals surface area contributed by atoms with E-state index in [1.807, 2.05) is 0 Å². The van der Waals surface area contributed by atoms with Crippen LogP contribution in [-0.4, -0.2) is 6.18 Å². The fourth-order valence-corrected chi connectivity index (χ4v) is 1.36. The van der Waals surface area contributed by atoms with Crippen LogP contribution in [0.15, 0.2) is 18.2 Å². The maximum Gasteiger partial charge on any atom is 0.407 e. The van der Waals surface area contributed by atoms with Gasteiger partial charge in [0.25, 0.3) is 0 Å². The van der Waals surface area contributed by atoms with Crippen LogP contribution >= 0.6 is 35.6 Å². The van der Waals surface area contributed by atoms with Gasteiger partial charge in [0.15, 0.2) is 0 Å². The van der Waals surface area contributed by atoms with Crippen molar-refractivity contribution < 1.29 is 13.2 Å². The number of rotatable bonds is 1. The van der Waals surface area contributed by atoms with Crippen molar-refractivity contribution in [2.75, 3.05) is 0 Å². The summed E-state index contributed by atoms with van der Waals surface area (Å²) in [5.41, 5.74) is 4.76. The van der Waals surface area contributed by atoms with E-state index >= 15 is 0 Å². The molecule has 7 heteroatoms. The molecule has 15 heavy (non-hydrogen) atoms. The third kappa shape index (κ3) is 3.41. The molecular formula is C8H7Cl3F3N. The van der Waals surface area contributed by atoms with Gasteiger partial charge in [-0.2, -0.15) is 13.2 Å². The van der Waals surface area contributed by atoms with E-state index in [0.29, 0.717) is 0 Å². The van der Waals surface area contributed by atoms with Crippen LogP contribution in [0.4, 0.5) is 13.2 Å². The molecule has 1 aromatic rings. The van der Waals surface area contributed by atoms with Crippen LogP contribution < -0.4 is 5.73 Å². The molecule has 0 amide bonds. The molecule has 1 atom stereocenters. The van der Waals surface area contributed by atoms with Crippen molar-refractivity contribution in [1.82, 2.24) is 0 Å². The minimum atomic E-state index is -4.52. The van der Waals surface area contributed by atoms with E-state index < -0.39 is 12.2 Å². The third-order valence-corrected chi connectivity index (χ3v) is 2.50. The molecule has 1 nitrogen and oxygen atoms in total. The second-order valence-electron chi connectivity index (χ2n) is 2.66. The first kappa shape index (κ1) is 14.8. The number of hydrogen-bond donors (Lipinski definition) is 1. The standard InChI is InChI=1S/C8H6Cl2F3N.ClH/c9-5-3-1-2-4(6(5)10)7(14)8(11,12)13;/h1-3,7H,14H2;1H/t7-;/m0./s1. The largest absolute Gasteiger partial charge is 0.407 e. The zero-order valence-corrected chi connectivity index (χ0v) is 9.51. The van der Waals surface area contributed by atoms with Crippen LogP contribution in [0.2, 0.25) is 10.0 Å². The van der Waals surface area contributed by atoms with Gasteiger partial charge in [0.05, 0.1) is 10.0 Å². The molecule has 1 rings (SSSR count). The fourth-order valence-electron chi connectivity index (χ4n) is 0.937. The van der Waals surface area contributed by atoms with Gasteiger partial charge in [0, 0.05) is 0 Å². The third-order valence-electron chi connectivity index (χ3n) is 1.67. The molecule has 86 valence electrons. The van der Waals surface area contributed by atoms with Crippen molar-refractivity contribution in [2.45, 2.75) is 12.2 Å². The lowest BCUT2D eigenvalue weighted by Gasteiger charge is -2.17. The molecular weight excluding hydrogens is 273 g/mol. The molecule has 0 bridgehead atoms. The lowest BCUT2D eigenvalue weighted by Crippen LogP contribution is -2.28. The van der Waals surface area contributed by atoms with E-state index in [9.17, 15) is 13.2 Å². The predicted octanol–water partition coefficient (Wildman–Crippen LogP) is 3.98. The van der Waals surface area contributed by atoms with Crippen molar-refractivity contribution in [3.05, 3.63) is 33.8 Å². The summed E-state index contributed by atoms with van der Waals surface area (Å²) < 4.78 is 36.7. The monoisotopic (exact) mass is 279 g/mol. The van der Waals surface area contributed by atoms with Crippen LogP contribution in [0.25, 0.3) is 0 Å². The molecule has 0 saturated carbocycles. The highest BCUT2D eigenvalue weighted by molar-refractivity contribution is 6.42. The van der Waals surface area contributed by atoms with E-state index in [2.05, 4.69) is 0 Å². The van der Waals surface area contributed by atoms with Gasteiger partial charge in [-0.1, -0.05) is 35.3 Å². The molecule has 0 aliphatic carbocycles. The molecule has 0 fully saturated rings. The molecule has 0 saturated heterocycles. The minimum absolute atomic E-state index is 0. The Morgan fingerprint density at radius 1 is 1.20 bits per heavy atom. The first-order chi connectivity index (χ1) is 6.34. The van der Waals surface area contributed by atoms with E-state index in [1.165, 1.54) is 18.2 Å². The van der Waals surface area contributed by atoms with Gasteiger partial charge in [-0.05, 0) is 11.6 Å². The molecule has 0 radical (unpaired) electrons. The highest BCUT2D eigenvalue weighted by Gasteiger charge is 2.39. The second kappa shape index (κ2) is 5.25. The molecule has 0 heterocycles. The maximum absolute atomic E-state index is 12.2. The number of alkyl halides is 3. The first-order valence-corrected chi connectivity index (χ1v) is 4.36. The summed E-state index contributed by atoms with van der Waals surface area (Å²) in [6.45, 7) is 0. The molecule has 0 spiro atoms. The minimum Gasteiger partial charge on any atom is -0.316 e. The van der Waals surface area contributed by atoms with Crippen LogP contribution in [0.3, 0.4) is 0 Å². The topological polar surface area (TPSA) is 26.0 Å². The zero-order valence-electron chi connectivity index (χ0n) is 7.18. The summed E-state index contributed by atoms with van der Waals surface area (Å²) in [4.78, 5) is 0. The molecule has 0 aromatic heterocycles. The summed E-state index contributed by atoms with van der Waals surface area (Å²) in [5.74, 6) is 0. The normalized spacial score (nSPS) is 13.2. The summed E-state index contributed by atoms with van der Waals surface area (Å²) in [6, 6.07) is 1.87. The van der Waals surface area contributed by atoms with Crippen LogP contribution in [0.5, 0.6) is 0 Å². The number of nitrogens with two attached hydrogens (primary N) is 1. The van der Waals surface area contributed by atoms with Gasteiger partial charge in [-0.3, -0.25) is 0 Å². The Bertz CT molecular complexity index is 340. The van der Waals surface area contributed by atoms with Gasteiger partial charge >= 0.3 is 6.18 Å². The predicted molar refractivity (Wildman–Crippen MR) is 56.7 cm³/mol. The maximum atomic E-state index is 12.2. The molecule has 1 aromatic carbocycles. The van der Waals surface area contributed by atoms with E-state index in [4.69, 9.17) is 28.9 Å². The first-order valence-electron chi connectivity index (χ1n) is 3.60. The lowest BCUT2D eigenvalue weighted by molar-refractivity contribution is -0.149. The second-order valence-corrected chi connectivity index (χ2v) is 3.45. The smallest absolute Gasteiger partial charge is 0.316 e. The fraction of sp³-hybridized carbons (Fsp3) is 0.250. The van der Waals surface area contributed by atoms with E-state index in [1.54, 1.807) is 0 Å². The SMILES string of the molecule is Cl.N[C@@H](c1cccc(Cl)c1Cl)C(F)(F)F. The Balaban J connectivity index is 0.00000196. The van der Waals surface area contributed by atoms with Crippen LogP contribution in [0.1, 0.15) is 11.6 Å². The summed E-state index contributed by atoms with van der Waals surface area (Å²) in [5, 5.41) is -0.0946. The summed E-state index contributed by atoms with van der Waals surface area (Å²) >= 11 is 11.1. The van der Waals surface area contributed by atoms with E-state index in [0.717, 1.165) is 0 Å². The Hall–Kier alpha value is -0.160. The Morgan fingerprint density at radius 3 is 2.20 bits per heavy atom. The molecule has 0 unspecified atom stereocenters. The van der Waals surface area contributed by atoms with Crippen molar-refractivity contribution in [3.8, 4) is 0 Å². The van der Waals surface area contributed by atoms with Crippen LogP contribution in [0, 0.1) is 0 Å². The van der Waals surface area contributed by atoms with E-state index in [-0.39, 0.29) is 28.0 Å². The van der Waals surface area contributed by atoms with Crippen molar-refractivity contribution >= 4 is 35.6 Å². The summed E-state index contributed by atoms with van der Waals surface area (Å²) in [6.07, 6.45) is -4.52. The molecule has 0 aliphatic heterocycles. The van der Waals surface area contributed by atoms with Gasteiger partial charge in [-0.15, -0.1) is 12.4 Å². The zero-order chi connectivity index (χ0) is 10.9. The number of halogens is 6. The van der Waals surface area contributed by atoms with Gasteiger partial charge in [0.1, 0.15) is 6.04 Å². The highest BCUT2D eigenvalue weighted by atomic mass is 35.5. The van der Waals surface area contributed by atoms with Crippen LogP contribution in [-0.2, 0) is 0 Å². The van der Waals surface area contributed by atoms with Crippen molar-refractivity contribution in [1.29, 1.82) is 0 Å². The number of benzene rings is 1. The Kier molecular flexibility index (Phi) is 5.20. The quantitative estimate of drug-likeness (QED) is 0.827. The van der Waals surface area contributed by atoms with Gasteiger partial charge < -0.3 is 5.73 Å². The van der Waals surface area contributed by atoms with Gasteiger partial charge in [0.2, 0.25) is 0 Å². The average molecular weight is 281 g/mol. The summed E-state index contributed by atoms with van der Waals surface area (Å²) in [7, 11) is 0. The lowest BCUT2D eigenvalue weighted by atomic mass is 10.1. The van der Waals surface area contributed by atoms with Crippen molar-refractivity contribution in [2.24, 2.45) is 5.73 Å². The molecule has 0 aliphatic rings. The number of hydrogen-bond acceptors (Lipinski definition) is 1. The van der Waals surface area contributed by atoms with Gasteiger partial charge in [-0.25, -0.2) is 0 Å². The highest BCUT2D eigenvalue weighted by Crippen LogP contribution is 2.36. The van der Waals surface area contributed by atoms with Crippen molar-refractivity contribution in [3.63, 3.8) is 0 Å².